The molecule has 2 nitrogen and oxygen atoms in total. The Balaban J connectivity index is 3.34. The summed E-state index contributed by atoms with van der Waals surface area (Å²) in [4.78, 5) is 12.8. The molecular weight excluding hydrogens is 236 g/mol. The van der Waals surface area contributed by atoms with Crippen molar-refractivity contribution in [3.8, 4) is 0 Å². The fourth-order valence-corrected chi connectivity index (χ4v) is 0.741. The van der Waals surface area contributed by atoms with Crippen LogP contribution in [0.4, 0.5) is 4.39 Å². The number of halogens is 2. The van der Waals surface area contributed by atoms with Crippen LogP contribution in [0.2, 0.25) is 0 Å². The second kappa shape index (κ2) is 2.47. The zero-order valence-electron chi connectivity index (χ0n) is 4.32. The highest BCUT2D eigenvalue weighted by Crippen LogP contribution is 1.94. The van der Waals surface area contributed by atoms with E-state index < -0.39 is 5.95 Å². The van der Waals surface area contributed by atoms with Crippen LogP contribution in [0.1, 0.15) is 0 Å². The van der Waals surface area contributed by atoms with Gasteiger partial charge in [-0.2, -0.15) is 4.39 Å². The summed E-state index contributed by atoms with van der Waals surface area (Å²) in [7, 11) is 0. The van der Waals surface area contributed by atoms with E-state index in [1.54, 1.807) is 0 Å². The predicted molar refractivity (Wildman–Crippen MR) is 39.7 cm³/mol. The lowest BCUT2D eigenvalue weighted by molar-refractivity contribution is 0.581. The van der Waals surface area contributed by atoms with Gasteiger partial charge in [0.1, 0.15) is 0 Å². The molecule has 0 atom stereocenters. The predicted octanol–water partition coefficient (Wildman–Crippen LogP) is 1.12. The van der Waals surface area contributed by atoms with Gasteiger partial charge in [0, 0.05) is 12.3 Å². The number of H-pyrrole nitrogens is 1. The van der Waals surface area contributed by atoms with Crippen molar-refractivity contribution >= 4 is 22.6 Å². The van der Waals surface area contributed by atoms with Crippen molar-refractivity contribution in [2.45, 2.75) is 0 Å². The van der Waals surface area contributed by atoms with Crippen LogP contribution in [0, 0.1) is 9.52 Å². The monoisotopic (exact) mass is 239 g/mol. The van der Waals surface area contributed by atoms with Crippen molar-refractivity contribution < 1.29 is 4.39 Å². The lowest BCUT2D eigenvalue weighted by atomic mass is 10.5. The zero-order chi connectivity index (χ0) is 6.85. The van der Waals surface area contributed by atoms with Crippen LogP contribution in [0.5, 0.6) is 0 Å². The highest BCUT2D eigenvalue weighted by atomic mass is 127. The van der Waals surface area contributed by atoms with E-state index in [0.717, 1.165) is 6.07 Å². The SMILES string of the molecule is O=c1cc(F)[nH]cc1I. The van der Waals surface area contributed by atoms with E-state index in [1.807, 2.05) is 22.6 Å². The first-order valence-electron chi connectivity index (χ1n) is 2.24. The van der Waals surface area contributed by atoms with Gasteiger partial charge in [-0.1, -0.05) is 0 Å². The van der Waals surface area contributed by atoms with Gasteiger partial charge in [-0.05, 0) is 22.6 Å². The van der Waals surface area contributed by atoms with E-state index in [-0.39, 0.29) is 5.43 Å². The van der Waals surface area contributed by atoms with E-state index in [2.05, 4.69) is 4.98 Å². The molecule has 0 radical (unpaired) electrons. The molecule has 1 aromatic rings. The van der Waals surface area contributed by atoms with Crippen molar-refractivity contribution in [3.63, 3.8) is 0 Å². The molecule has 0 saturated carbocycles. The molecule has 0 fully saturated rings. The van der Waals surface area contributed by atoms with Crippen LogP contribution in [-0.2, 0) is 0 Å². The first-order valence-corrected chi connectivity index (χ1v) is 3.32. The number of hydrogen-bond donors (Lipinski definition) is 1. The maximum atomic E-state index is 12.1. The normalized spacial score (nSPS) is 9.56. The number of aromatic amines is 1. The van der Waals surface area contributed by atoms with Gasteiger partial charge >= 0.3 is 0 Å². The van der Waals surface area contributed by atoms with E-state index >= 15 is 0 Å². The molecule has 0 aliphatic carbocycles. The molecule has 48 valence electrons. The van der Waals surface area contributed by atoms with Crippen molar-refractivity contribution in [1.82, 2.24) is 4.98 Å². The third kappa shape index (κ3) is 1.51. The van der Waals surface area contributed by atoms with Crippen LogP contribution < -0.4 is 5.43 Å². The van der Waals surface area contributed by atoms with Gasteiger partial charge in [0.2, 0.25) is 0 Å². The number of aromatic nitrogens is 1. The maximum absolute atomic E-state index is 12.1. The Labute approximate surface area is 64.2 Å². The summed E-state index contributed by atoms with van der Waals surface area (Å²) in [6.07, 6.45) is 1.33. The van der Waals surface area contributed by atoms with Crippen molar-refractivity contribution in [2.75, 3.05) is 0 Å². The Kier molecular flexibility index (Phi) is 1.84. The summed E-state index contributed by atoms with van der Waals surface area (Å²) < 4.78 is 12.6. The van der Waals surface area contributed by atoms with Crippen LogP contribution in [-0.4, -0.2) is 4.98 Å². The number of pyridine rings is 1. The number of hydrogen-bond acceptors (Lipinski definition) is 1. The molecular formula is C5H3FINO. The summed E-state index contributed by atoms with van der Waals surface area (Å²) in [5.41, 5.74) is -0.285. The Bertz CT molecular complexity index is 270. The number of rotatable bonds is 0. The minimum absolute atomic E-state index is 0.285. The first-order chi connectivity index (χ1) is 4.20. The van der Waals surface area contributed by atoms with E-state index in [9.17, 15) is 9.18 Å². The summed E-state index contributed by atoms with van der Waals surface area (Å²) in [5, 5.41) is 0. The van der Waals surface area contributed by atoms with Crippen molar-refractivity contribution in [3.05, 3.63) is 32.0 Å². The molecule has 0 aromatic carbocycles. The minimum atomic E-state index is -0.597. The zero-order valence-corrected chi connectivity index (χ0v) is 6.48. The quantitative estimate of drug-likeness (QED) is 0.534. The molecule has 0 bridgehead atoms. The van der Waals surface area contributed by atoms with Crippen molar-refractivity contribution in [1.29, 1.82) is 0 Å². The average Bonchev–Trinajstić information content (AvgIpc) is 1.80. The lowest BCUT2D eigenvalue weighted by Crippen LogP contribution is -2.04. The maximum Gasteiger partial charge on any atom is 0.197 e. The summed E-state index contributed by atoms with van der Waals surface area (Å²) in [6, 6.07) is 0.918. The van der Waals surface area contributed by atoms with Crippen LogP contribution in [0.3, 0.4) is 0 Å². The van der Waals surface area contributed by atoms with Gasteiger partial charge in [-0.3, -0.25) is 4.79 Å². The average molecular weight is 239 g/mol. The fourth-order valence-electron chi connectivity index (χ4n) is 0.429. The number of nitrogens with one attached hydrogen (secondary N) is 1. The molecule has 0 aliphatic rings. The molecule has 4 heteroatoms. The largest absolute Gasteiger partial charge is 0.337 e. The molecule has 1 rings (SSSR count). The van der Waals surface area contributed by atoms with Gasteiger partial charge in [0.15, 0.2) is 11.4 Å². The molecule has 0 spiro atoms. The third-order valence-electron chi connectivity index (χ3n) is 0.830. The highest BCUT2D eigenvalue weighted by molar-refractivity contribution is 14.1. The Morgan fingerprint density at radius 1 is 1.67 bits per heavy atom. The van der Waals surface area contributed by atoms with Gasteiger partial charge in [0.05, 0.1) is 3.57 Å². The minimum Gasteiger partial charge on any atom is -0.337 e. The molecule has 1 N–H and O–H groups in total. The molecule has 1 heterocycles. The molecule has 0 amide bonds. The van der Waals surface area contributed by atoms with Crippen LogP contribution in [0.15, 0.2) is 17.1 Å². The van der Waals surface area contributed by atoms with Gasteiger partial charge in [0.25, 0.3) is 0 Å². The van der Waals surface area contributed by atoms with Crippen molar-refractivity contribution in [2.24, 2.45) is 0 Å². The summed E-state index contributed by atoms with van der Waals surface area (Å²) >= 11 is 1.83. The van der Waals surface area contributed by atoms with E-state index in [4.69, 9.17) is 0 Å². The smallest absolute Gasteiger partial charge is 0.197 e. The molecule has 0 aliphatic heterocycles. The first kappa shape index (κ1) is 6.73. The Morgan fingerprint density at radius 3 is 2.78 bits per heavy atom. The Hall–Kier alpha value is -0.390. The molecule has 1 aromatic heterocycles. The van der Waals surface area contributed by atoms with Gasteiger partial charge in [-0.15, -0.1) is 0 Å². The molecule has 0 saturated heterocycles. The second-order valence-electron chi connectivity index (χ2n) is 1.49. The molecule has 9 heavy (non-hydrogen) atoms. The fraction of sp³-hybridized carbons (Fsp3) is 0. The third-order valence-corrected chi connectivity index (χ3v) is 1.67. The molecule has 0 unspecified atom stereocenters. The second-order valence-corrected chi connectivity index (χ2v) is 2.66. The van der Waals surface area contributed by atoms with Gasteiger partial charge < -0.3 is 4.98 Å². The van der Waals surface area contributed by atoms with Crippen LogP contribution in [0.25, 0.3) is 0 Å². The van der Waals surface area contributed by atoms with Gasteiger partial charge in [-0.25, -0.2) is 0 Å². The topological polar surface area (TPSA) is 32.9 Å². The van der Waals surface area contributed by atoms with E-state index in [0.29, 0.717) is 3.57 Å². The lowest BCUT2D eigenvalue weighted by Gasteiger charge is -1.86. The Morgan fingerprint density at radius 2 is 2.33 bits per heavy atom. The summed E-state index contributed by atoms with van der Waals surface area (Å²) in [5.74, 6) is -0.597. The highest BCUT2D eigenvalue weighted by Gasteiger charge is 1.93. The van der Waals surface area contributed by atoms with Crippen LogP contribution >= 0.6 is 22.6 Å². The standard InChI is InChI=1S/C5H3FINO/c6-5-1-4(9)3(7)2-8-5/h1-2H,(H,8,9). The van der Waals surface area contributed by atoms with E-state index in [1.165, 1.54) is 6.20 Å². The summed E-state index contributed by atoms with van der Waals surface area (Å²) in [6.45, 7) is 0.